The molecule has 1 aromatic rings. The number of aliphatic hydroxyl groups is 1. The van der Waals surface area contributed by atoms with Crippen molar-refractivity contribution in [3.63, 3.8) is 0 Å². The summed E-state index contributed by atoms with van der Waals surface area (Å²) in [5, 5.41) is 11.7. The molecule has 20 heavy (non-hydrogen) atoms. The molecule has 0 bridgehead atoms. The lowest BCUT2D eigenvalue weighted by Gasteiger charge is -2.19. The Labute approximate surface area is 126 Å². The lowest BCUT2D eigenvalue weighted by atomic mass is 9.87. The number of amides is 1. The highest BCUT2D eigenvalue weighted by molar-refractivity contribution is 8.00. The first-order chi connectivity index (χ1) is 9.32. The van der Waals surface area contributed by atoms with E-state index in [1.165, 1.54) is 17.3 Å². The number of carbonyl (C=O) groups excluding carboxylic acids is 1. The number of thioether (sulfide) groups is 1. The van der Waals surface area contributed by atoms with Gasteiger partial charge in [0.2, 0.25) is 5.91 Å². The van der Waals surface area contributed by atoms with E-state index in [1.54, 1.807) is 0 Å². The van der Waals surface area contributed by atoms with Crippen molar-refractivity contribution in [2.75, 3.05) is 12.4 Å². The molecule has 0 saturated carbocycles. The molecule has 0 aromatic heterocycles. The van der Waals surface area contributed by atoms with Gasteiger partial charge >= 0.3 is 0 Å². The number of carbonyl (C=O) groups is 1. The summed E-state index contributed by atoms with van der Waals surface area (Å²) < 4.78 is 0. The Bertz CT molecular complexity index is 423. The molecule has 1 aromatic carbocycles. The SMILES string of the molecule is CC(CCO)NC(=O)CSc1ccc(C(C)(C)C)cc1. The number of hydrogen-bond acceptors (Lipinski definition) is 3. The van der Waals surface area contributed by atoms with Gasteiger partial charge in [-0.25, -0.2) is 0 Å². The van der Waals surface area contributed by atoms with Crippen molar-refractivity contribution in [2.45, 2.75) is 50.5 Å². The summed E-state index contributed by atoms with van der Waals surface area (Å²) in [7, 11) is 0. The summed E-state index contributed by atoms with van der Waals surface area (Å²) in [6, 6.07) is 8.39. The molecule has 0 aliphatic carbocycles. The fourth-order valence-corrected chi connectivity index (χ4v) is 2.49. The highest BCUT2D eigenvalue weighted by Gasteiger charge is 2.13. The zero-order valence-electron chi connectivity index (χ0n) is 12.8. The molecule has 0 aliphatic rings. The van der Waals surface area contributed by atoms with Crippen LogP contribution in [-0.2, 0) is 10.2 Å². The Morgan fingerprint density at radius 3 is 2.40 bits per heavy atom. The van der Waals surface area contributed by atoms with Gasteiger partial charge in [-0.2, -0.15) is 0 Å². The van der Waals surface area contributed by atoms with Crippen molar-refractivity contribution in [3.8, 4) is 0 Å². The Kier molecular flexibility index (Phi) is 6.56. The number of nitrogens with one attached hydrogen (secondary N) is 1. The predicted octanol–water partition coefficient (Wildman–Crippen LogP) is 2.96. The van der Waals surface area contributed by atoms with Gasteiger partial charge in [-0.3, -0.25) is 4.79 Å². The van der Waals surface area contributed by atoms with Crippen LogP contribution in [0.1, 0.15) is 39.7 Å². The molecule has 0 saturated heterocycles. The van der Waals surface area contributed by atoms with E-state index in [2.05, 4.69) is 50.4 Å². The topological polar surface area (TPSA) is 49.3 Å². The summed E-state index contributed by atoms with van der Waals surface area (Å²) in [5.41, 5.74) is 1.45. The van der Waals surface area contributed by atoms with Gasteiger partial charge in [0.1, 0.15) is 0 Å². The van der Waals surface area contributed by atoms with E-state index < -0.39 is 0 Å². The molecule has 0 radical (unpaired) electrons. The lowest BCUT2D eigenvalue weighted by Crippen LogP contribution is -2.34. The zero-order valence-corrected chi connectivity index (χ0v) is 13.6. The fourth-order valence-electron chi connectivity index (χ4n) is 1.78. The summed E-state index contributed by atoms with van der Waals surface area (Å²) in [6.07, 6.45) is 0.594. The van der Waals surface area contributed by atoms with Crippen LogP contribution in [0.15, 0.2) is 29.2 Å². The van der Waals surface area contributed by atoms with Crippen molar-refractivity contribution in [1.82, 2.24) is 5.32 Å². The predicted molar refractivity (Wildman–Crippen MR) is 85.2 cm³/mol. The minimum absolute atomic E-state index is 0.0100. The van der Waals surface area contributed by atoms with Gasteiger partial charge in [-0.15, -0.1) is 11.8 Å². The second-order valence-electron chi connectivity index (χ2n) is 6.04. The van der Waals surface area contributed by atoms with Gasteiger partial charge in [0.25, 0.3) is 0 Å². The molecule has 1 unspecified atom stereocenters. The largest absolute Gasteiger partial charge is 0.396 e. The third kappa shape index (κ3) is 5.97. The van der Waals surface area contributed by atoms with Gasteiger partial charge in [0.15, 0.2) is 0 Å². The molecule has 1 rings (SSSR count). The quantitative estimate of drug-likeness (QED) is 0.793. The second-order valence-corrected chi connectivity index (χ2v) is 7.09. The summed E-state index contributed by atoms with van der Waals surface area (Å²) in [4.78, 5) is 12.8. The first-order valence-electron chi connectivity index (χ1n) is 6.96. The molecule has 0 aliphatic heterocycles. The van der Waals surface area contributed by atoms with E-state index in [0.717, 1.165) is 4.90 Å². The summed E-state index contributed by atoms with van der Waals surface area (Å²) >= 11 is 1.53. The highest BCUT2D eigenvalue weighted by Crippen LogP contribution is 2.25. The van der Waals surface area contributed by atoms with Crippen molar-refractivity contribution in [1.29, 1.82) is 0 Å². The van der Waals surface area contributed by atoms with Crippen LogP contribution >= 0.6 is 11.8 Å². The van der Waals surface area contributed by atoms with E-state index in [9.17, 15) is 4.79 Å². The van der Waals surface area contributed by atoms with Crippen LogP contribution in [0.25, 0.3) is 0 Å². The number of benzene rings is 1. The minimum Gasteiger partial charge on any atom is -0.396 e. The number of rotatable bonds is 6. The standard InChI is InChI=1S/C16H25NO2S/c1-12(9-10-18)17-15(19)11-20-14-7-5-13(6-8-14)16(2,3)4/h5-8,12,18H,9-11H2,1-4H3,(H,17,19). The highest BCUT2D eigenvalue weighted by atomic mass is 32.2. The maximum absolute atomic E-state index is 11.7. The molecule has 2 N–H and O–H groups in total. The summed E-state index contributed by atoms with van der Waals surface area (Å²) in [6.45, 7) is 8.56. The minimum atomic E-state index is 0.0100. The van der Waals surface area contributed by atoms with Crippen molar-refractivity contribution < 1.29 is 9.90 Å². The normalized spacial score (nSPS) is 13.1. The third-order valence-electron chi connectivity index (χ3n) is 3.06. The third-order valence-corrected chi connectivity index (χ3v) is 4.07. The Morgan fingerprint density at radius 1 is 1.30 bits per heavy atom. The van der Waals surface area contributed by atoms with E-state index in [-0.39, 0.29) is 24.0 Å². The first kappa shape index (κ1) is 17.1. The molecule has 112 valence electrons. The van der Waals surface area contributed by atoms with Crippen LogP contribution in [0.2, 0.25) is 0 Å². The second kappa shape index (κ2) is 7.70. The molecular weight excluding hydrogens is 270 g/mol. The van der Waals surface area contributed by atoms with Crippen LogP contribution in [0.3, 0.4) is 0 Å². The molecule has 0 spiro atoms. The smallest absolute Gasteiger partial charge is 0.230 e. The molecule has 0 heterocycles. The van der Waals surface area contributed by atoms with Crippen molar-refractivity contribution in [3.05, 3.63) is 29.8 Å². The Balaban J connectivity index is 2.44. The summed E-state index contributed by atoms with van der Waals surface area (Å²) in [5.74, 6) is 0.417. The van der Waals surface area contributed by atoms with Gasteiger partial charge in [0.05, 0.1) is 5.75 Å². The van der Waals surface area contributed by atoms with E-state index in [1.807, 2.05) is 6.92 Å². The Hall–Kier alpha value is -1.00. The van der Waals surface area contributed by atoms with Gasteiger partial charge in [-0.1, -0.05) is 32.9 Å². The van der Waals surface area contributed by atoms with Crippen molar-refractivity contribution in [2.24, 2.45) is 0 Å². The molecule has 0 fully saturated rings. The molecule has 3 nitrogen and oxygen atoms in total. The molecule has 4 heteroatoms. The van der Waals surface area contributed by atoms with E-state index >= 15 is 0 Å². The van der Waals surface area contributed by atoms with Crippen LogP contribution in [0, 0.1) is 0 Å². The van der Waals surface area contributed by atoms with Gasteiger partial charge < -0.3 is 10.4 Å². The Morgan fingerprint density at radius 2 is 1.90 bits per heavy atom. The molecule has 1 amide bonds. The average molecular weight is 295 g/mol. The van der Waals surface area contributed by atoms with E-state index in [0.29, 0.717) is 12.2 Å². The van der Waals surface area contributed by atoms with Gasteiger partial charge in [0, 0.05) is 17.5 Å². The van der Waals surface area contributed by atoms with E-state index in [4.69, 9.17) is 5.11 Å². The maximum atomic E-state index is 11.7. The molecular formula is C16H25NO2S. The maximum Gasteiger partial charge on any atom is 0.230 e. The van der Waals surface area contributed by atoms with Gasteiger partial charge in [-0.05, 0) is 36.5 Å². The number of hydrogen-bond donors (Lipinski definition) is 2. The average Bonchev–Trinajstić information content (AvgIpc) is 2.36. The van der Waals surface area contributed by atoms with Crippen LogP contribution < -0.4 is 5.32 Å². The van der Waals surface area contributed by atoms with Crippen LogP contribution in [0.5, 0.6) is 0 Å². The van der Waals surface area contributed by atoms with Crippen LogP contribution in [0.4, 0.5) is 0 Å². The molecule has 1 atom stereocenters. The number of aliphatic hydroxyl groups excluding tert-OH is 1. The van der Waals surface area contributed by atoms with Crippen molar-refractivity contribution >= 4 is 17.7 Å². The monoisotopic (exact) mass is 295 g/mol. The first-order valence-corrected chi connectivity index (χ1v) is 7.95. The lowest BCUT2D eigenvalue weighted by molar-refractivity contribution is -0.119. The zero-order chi connectivity index (χ0) is 15.2. The fraction of sp³-hybridized carbons (Fsp3) is 0.562. The van der Waals surface area contributed by atoms with Crippen LogP contribution in [-0.4, -0.2) is 29.4 Å².